The number of benzene rings is 1. The number of ketones is 1. The third-order valence-electron chi connectivity index (χ3n) is 1.87. The summed E-state index contributed by atoms with van der Waals surface area (Å²) in [7, 11) is 1.25. The summed E-state index contributed by atoms with van der Waals surface area (Å²) in [4.78, 5) is 22.5. The maximum atomic E-state index is 11.3. The monoisotopic (exact) mass is 193 g/mol. The van der Waals surface area contributed by atoms with Crippen molar-refractivity contribution >= 4 is 17.4 Å². The molecule has 0 radical (unpaired) electrons. The lowest BCUT2D eigenvalue weighted by molar-refractivity contribution is 0.0598. The van der Waals surface area contributed by atoms with E-state index in [4.69, 9.17) is 5.73 Å². The van der Waals surface area contributed by atoms with Crippen LogP contribution in [0.2, 0.25) is 0 Å². The van der Waals surface area contributed by atoms with E-state index in [1.54, 1.807) is 18.2 Å². The molecule has 14 heavy (non-hydrogen) atoms. The molecule has 0 heterocycles. The number of carbonyl (C=O) groups excluding carboxylic acids is 2. The number of nitrogens with two attached hydrogens (primary N) is 1. The Kier molecular flexibility index (Phi) is 2.86. The van der Waals surface area contributed by atoms with Gasteiger partial charge in [0.05, 0.1) is 12.7 Å². The van der Waals surface area contributed by atoms with Crippen molar-refractivity contribution in [2.24, 2.45) is 0 Å². The van der Waals surface area contributed by atoms with Crippen molar-refractivity contribution in [3.05, 3.63) is 29.3 Å². The van der Waals surface area contributed by atoms with Crippen molar-refractivity contribution in [1.29, 1.82) is 0 Å². The second kappa shape index (κ2) is 3.91. The smallest absolute Gasteiger partial charge is 0.340 e. The molecule has 0 bridgehead atoms. The molecule has 2 N–H and O–H groups in total. The first-order valence-electron chi connectivity index (χ1n) is 4.05. The fourth-order valence-electron chi connectivity index (χ4n) is 1.19. The van der Waals surface area contributed by atoms with Crippen LogP contribution in [-0.2, 0) is 4.74 Å². The summed E-state index contributed by atoms with van der Waals surface area (Å²) in [5, 5.41) is 0. The van der Waals surface area contributed by atoms with E-state index < -0.39 is 5.97 Å². The normalized spacial score (nSPS) is 9.57. The quantitative estimate of drug-likeness (QED) is 0.436. The van der Waals surface area contributed by atoms with E-state index in [9.17, 15) is 9.59 Å². The van der Waals surface area contributed by atoms with Crippen LogP contribution in [-0.4, -0.2) is 18.9 Å². The van der Waals surface area contributed by atoms with Gasteiger partial charge in [-0.1, -0.05) is 12.1 Å². The standard InChI is InChI=1S/C10H11NO3/c1-6(12)7-4-3-5-8(11)9(7)10(13)14-2/h3-5H,11H2,1-2H3. The predicted octanol–water partition coefficient (Wildman–Crippen LogP) is 1.26. The average molecular weight is 193 g/mol. The molecule has 0 unspecified atom stereocenters. The molecule has 0 atom stereocenters. The van der Waals surface area contributed by atoms with Crippen molar-refractivity contribution < 1.29 is 14.3 Å². The number of carbonyl (C=O) groups is 2. The fourth-order valence-corrected chi connectivity index (χ4v) is 1.19. The minimum absolute atomic E-state index is 0.141. The van der Waals surface area contributed by atoms with E-state index in [-0.39, 0.29) is 22.6 Å². The molecule has 0 aliphatic carbocycles. The molecule has 0 aliphatic heterocycles. The fraction of sp³-hybridized carbons (Fsp3) is 0.200. The summed E-state index contributed by atoms with van der Waals surface area (Å²) in [6.45, 7) is 1.38. The molecule has 0 spiro atoms. The maximum Gasteiger partial charge on any atom is 0.340 e. The summed E-state index contributed by atoms with van der Waals surface area (Å²) in [6.07, 6.45) is 0. The molecular weight excluding hydrogens is 182 g/mol. The van der Waals surface area contributed by atoms with Gasteiger partial charge in [0, 0.05) is 11.3 Å². The molecule has 0 fully saturated rings. The second-order valence-electron chi connectivity index (χ2n) is 2.82. The van der Waals surface area contributed by atoms with Gasteiger partial charge in [0.15, 0.2) is 5.78 Å². The first-order chi connectivity index (χ1) is 6.57. The third kappa shape index (κ3) is 1.74. The molecule has 0 aromatic heterocycles. The number of ether oxygens (including phenoxy) is 1. The van der Waals surface area contributed by atoms with Crippen LogP contribution >= 0.6 is 0 Å². The van der Waals surface area contributed by atoms with Gasteiger partial charge < -0.3 is 10.5 Å². The zero-order valence-electron chi connectivity index (χ0n) is 8.03. The third-order valence-corrected chi connectivity index (χ3v) is 1.87. The van der Waals surface area contributed by atoms with Gasteiger partial charge in [-0.15, -0.1) is 0 Å². The van der Waals surface area contributed by atoms with Crippen LogP contribution in [0.5, 0.6) is 0 Å². The Balaban J connectivity index is 3.36. The number of Topliss-reactive ketones (excluding diaryl/α,β-unsaturated/α-hetero) is 1. The van der Waals surface area contributed by atoms with Crippen LogP contribution < -0.4 is 5.73 Å². The Morgan fingerprint density at radius 1 is 1.36 bits per heavy atom. The van der Waals surface area contributed by atoms with Crippen molar-refractivity contribution in [3.8, 4) is 0 Å². The molecule has 0 saturated heterocycles. The number of rotatable bonds is 2. The SMILES string of the molecule is COC(=O)c1c(N)cccc1C(C)=O. The van der Waals surface area contributed by atoms with Crippen LogP contribution in [0.3, 0.4) is 0 Å². The highest BCUT2D eigenvalue weighted by Gasteiger charge is 2.17. The Morgan fingerprint density at radius 3 is 2.50 bits per heavy atom. The first kappa shape index (κ1) is 10.2. The van der Waals surface area contributed by atoms with Crippen LogP contribution in [0.25, 0.3) is 0 Å². The Morgan fingerprint density at radius 2 is 2.00 bits per heavy atom. The molecule has 1 aromatic carbocycles. The van der Waals surface area contributed by atoms with E-state index in [1.165, 1.54) is 14.0 Å². The first-order valence-corrected chi connectivity index (χ1v) is 4.05. The van der Waals surface area contributed by atoms with E-state index in [0.717, 1.165) is 0 Å². The molecule has 4 heteroatoms. The van der Waals surface area contributed by atoms with Crippen molar-refractivity contribution in [1.82, 2.24) is 0 Å². The Labute approximate surface area is 81.7 Å². The summed E-state index contributed by atoms with van der Waals surface area (Å²) < 4.78 is 4.54. The molecule has 1 aromatic rings. The summed E-state index contributed by atoms with van der Waals surface area (Å²) >= 11 is 0. The highest BCUT2D eigenvalue weighted by atomic mass is 16.5. The predicted molar refractivity (Wildman–Crippen MR) is 52.2 cm³/mol. The van der Waals surface area contributed by atoms with Crippen molar-refractivity contribution in [2.75, 3.05) is 12.8 Å². The largest absolute Gasteiger partial charge is 0.465 e. The summed E-state index contributed by atoms with van der Waals surface area (Å²) in [5.41, 5.74) is 6.27. The molecule has 0 saturated carbocycles. The highest BCUT2D eigenvalue weighted by Crippen LogP contribution is 2.18. The van der Waals surface area contributed by atoms with E-state index in [2.05, 4.69) is 4.74 Å². The molecular formula is C10H11NO3. The van der Waals surface area contributed by atoms with Gasteiger partial charge in [0.1, 0.15) is 0 Å². The number of esters is 1. The minimum atomic E-state index is -0.590. The molecule has 74 valence electrons. The van der Waals surface area contributed by atoms with E-state index in [0.29, 0.717) is 0 Å². The summed E-state index contributed by atoms with van der Waals surface area (Å²) in [5.74, 6) is -0.800. The zero-order chi connectivity index (χ0) is 10.7. The topological polar surface area (TPSA) is 69.4 Å². The lowest BCUT2D eigenvalue weighted by Crippen LogP contribution is -2.11. The maximum absolute atomic E-state index is 11.3. The number of hydrogen-bond donors (Lipinski definition) is 1. The van der Waals surface area contributed by atoms with Crippen molar-refractivity contribution in [3.63, 3.8) is 0 Å². The van der Waals surface area contributed by atoms with Crippen LogP contribution in [0, 0.1) is 0 Å². The van der Waals surface area contributed by atoms with Crippen LogP contribution in [0.4, 0.5) is 5.69 Å². The van der Waals surface area contributed by atoms with E-state index in [1.807, 2.05) is 0 Å². The average Bonchev–Trinajstić information content (AvgIpc) is 2.16. The lowest BCUT2D eigenvalue weighted by atomic mass is 10.0. The number of anilines is 1. The molecule has 0 aliphatic rings. The molecule has 1 rings (SSSR count). The number of nitrogen functional groups attached to an aromatic ring is 1. The van der Waals surface area contributed by atoms with Gasteiger partial charge >= 0.3 is 5.97 Å². The van der Waals surface area contributed by atoms with Gasteiger partial charge in [-0.05, 0) is 13.0 Å². The van der Waals surface area contributed by atoms with Crippen LogP contribution in [0.15, 0.2) is 18.2 Å². The van der Waals surface area contributed by atoms with Gasteiger partial charge in [0.2, 0.25) is 0 Å². The van der Waals surface area contributed by atoms with E-state index >= 15 is 0 Å². The van der Waals surface area contributed by atoms with Gasteiger partial charge in [-0.2, -0.15) is 0 Å². The Bertz CT molecular complexity index is 385. The molecule has 4 nitrogen and oxygen atoms in total. The van der Waals surface area contributed by atoms with Crippen molar-refractivity contribution in [2.45, 2.75) is 6.92 Å². The van der Waals surface area contributed by atoms with Gasteiger partial charge in [0.25, 0.3) is 0 Å². The zero-order valence-corrected chi connectivity index (χ0v) is 8.03. The summed E-state index contributed by atoms with van der Waals surface area (Å²) in [6, 6.07) is 4.72. The number of methoxy groups -OCH3 is 1. The number of hydrogen-bond acceptors (Lipinski definition) is 4. The minimum Gasteiger partial charge on any atom is -0.465 e. The highest BCUT2D eigenvalue weighted by molar-refractivity contribution is 6.08. The molecule has 0 amide bonds. The Hall–Kier alpha value is -1.84. The lowest BCUT2D eigenvalue weighted by Gasteiger charge is -2.07. The second-order valence-corrected chi connectivity index (χ2v) is 2.82. The van der Waals surface area contributed by atoms with Crippen LogP contribution in [0.1, 0.15) is 27.6 Å². The van der Waals surface area contributed by atoms with Gasteiger partial charge in [-0.25, -0.2) is 4.79 Å². The van der Waals surface area contributed by atoms with Gasteiger partial charge in [-0.3, -0.25) is 4.79 Å².